The summed E-state index contributed by atoms with van der Waals surface area (Å²) in [5.74, 6) is 0.359. The molecule has 0 aliphatic rings. The molecule has 0 atom stereocenters. The number of anilines is 1. The molecule has 0 unspecified atom stereocenters. The van der Waals surface area contributed by atoms with Gasteiger partial charge in [-0.05, 0) is 36.4 Å². The Morgan fingerprint density at radius 1 is 1.26 bits per heavy atom. The molecule has 0 bridgehead atoms. The first-order chi connectivity index (χ1) is 9.10. The van der Waals surface area contributed by atoms with Crippen molar-refractivity contribution in [3.63, 3.8) is 0 Å². The van der Waals surface area contributed by atoms with Crippen molar-refractivity contribution in [2.75, 3.05) is 12.4 Å². The van der Waals surface area contributed by atoms with E-state index in [0.717, 1.165) is 10.2 Å². The van der Waals surface area contributed by atoms with E-state index in [-0.39, 0.29) is 11.6 Å². The molecular formula is C14H13BrFNO2. The summed E-state index contributed by atoms with van der Waals surface area (Å²) >= 11 is 3.37. The Balaban J connectivity index is 2.18. The molecule has 0 fully saturated rings. The third-order valence-electron chi connectivity index (χ3n) is 2.67. The van der Waals surface area contributed by atoms with E-state index < -0.39 is 0 Å². The monoisotopic (exact) mass is 325 g/mol. The molecule has 0 saturated carbocycles. The lowest BCUT2D eigenvalue weighted by Gasteiger charge is -2.12. The number of phenolic OH excluding ortho intramolecular Hbond substituents is 1. The van der Waals surface area contributed by atoms with Gasteiger partial charge in [-0.15, -0.1) is 0 Å². The van der Waals surface area contributed by atoms with Gasteiger partial charge in [-0.3, -0.25) is 0 Å². The van der Waals surface area contributed by atoms with E-state index in [4.69, 9.17) is 4.74 Å². The molecular weight excluding hydrogens is 313 g/mol. The van der Waals surface area contributed by atoms with Gasteiger partial charge in [0.15, 0.2) is 0 Å². The number of phenols is 1. The summed E-state index contributed by atoms with van der Waals surface area (Å²) in [5.41, 5.74) is 1.25. The molecule has 2 N–H and O–H groups in total. The van der Waals surface area contributed by atoms with Crippen LogP contribution in [0, 0.1) is 5.82 Å². The second-order valence-corrected chi connectivity index (χ2v) is 4.89. The van der Waals surface area contributed by atoms with Crippen LogP contribution in [-0.4, -0.2) is 12.2 Å². The molecule has 5 heteroatoms. The lowest BCUT2D eigenvalue weighted by Crippen LogP contribution is -2.02. The molecule has 0 amide bonds. The standard InChI is InChI=1S/C14H13BrFNO2/c1-19-14-5-2-10(15)7-12(14)17-8-9-6-11(16)3-4-13(9)18/h2-7,17-18H,8H2,1H3. The summed E-state index contributed by atoms with van der Waals surface area (Å²) in [6.07, 6.45) is 0. The third-order valence-corrected chi connectivity index (χ3v) is 3.17. The zero-order valence-electron chi connectivity index (χ0n) is 10.3. The molecule has 2 aromatic carbocycles. The van der Waals surface area contributed by atoms with Crippen molar-refractivity contribution >= 4 is 21.6 Å². The zero-order chi connectivity index (χ0) is 13.8. The average molecular weight is 326 g/mol. The minimum Gasteiger partial charge on any atom is -0.508 e. The van der Waals surface area contributed by atoms with Gasteiger partial charge in [0, 0.05) is 16.6 Å². The van der Waals surface area contributed by atoms with Crippen LogP contribution < -0.4 is 10.1 Å². The second-order valence-electron chi connectivity index (χ2n) is 3.97. The lowest BCUT2D eigenvalue weighted by molar-refractivity contribution is 0.416. The van der Waals surface area contributed by atoms with Gasteiger partial charge in [-0.1, -0.05) is 15.9 Å². The molecule has 0 aliphatic heterocycles. The van der Waals surface area contributed by atoms with E-state index in [2.05, 4.69) is 21.2 Å². The van der Waals surface area contributed by atoms with Gasteiger partial charge in [0.25, 0.3) is 0 Å². The first-order valence-corrected chi connectivity index (χ1v) is 6.44. The van der Waals surface area contributed by atoms with Gasteiger partial charge in [0.2, 0.25) is 0 Å². The predicted octanol–water partition coefficient (Wildman–Crippen LogP) is 3.91. The van der Waals surface area contributed by atoms with Crippen molar-refractivity contribution in [2.24, 2.45) is 0 Å². The maximum Gasteiger partial charge on any atom is 0.142 e. The summed E-state index contributed by atoms with van der Waals surface area (Å²) < 4.78 is 19.2. The molecule has 2 rings (SSSR count). The van der Waals surface area contributed by atoms with E-state index in [1.807, 2.05) is 18.2 Å². The Morgan fingerprint density at radius 3 is 2.79 bits per heavy atom. The maximum atomic E-state index is 13.1. The Bertz CT molecular complexity index is 590. The SMILES string of the molecule is COc1ccc(Br)cc1NCc1cc(F)ccc1O. The van der Waals surface area contributed by atoms with Crippen LogP contribution in [0.2, 0.25) is 0 Å². The molecule has 19 heavy (non-hydrogen) atoms. The van der Waals surface area contributed by atoms with Gasteiger partial charge in [-0.25, -0.2) is 4.39 Å². The van der Waals surface area contributed by atoms with Crippen LogP contribution in [-0.2, 0) is 6.54 Å². The Kier molecular flexibility index (Phi) is 4.27. The molecule has 0 radical (unpaired) electrons. The Hall–Kier alpha value is -1.75. The number of methoxy groups -OCH3 is 1. The fourth-order valence-corrected chi connectivity index (χ4v) is 2.07. The molecule has 0 aromatic heterocycles. The molecule has 0 saturated heterocycles. The minimum absolute atomic E-state index is 0.0582. The van der Waals surface area contributed by atoms with Gasteiger partial charge >= 0.3 is 0 Å². The van der Waals surface area contributed by atoms with E-state index >= 15 is 0 Å². The van der Waals surface area contributed by atoms with Crippen LogP contribution in [0.1, 0.15) is 5.56 Å². The number of ether oxygens (including phenoxy) is 1. The molecule has 3 nitrogen and oxygen atoms in total. The largest absolute Gasteiger partial charge is 0.508 e. The summed E-state index contributed by atoms with van der Waals surface area (Å²) in [7, 11) is 1.58. The summed E-state index contributed by atoms with van der Waals surface area (Å²) in [5, 5.41) is 12.8. The van der Waals surface area contributed by atoms with Crippen LogP contribution in [0.5, 0.6) is 11.5 Å². The van der Waals surface area contributed by atoms with Crippen molar-refractivity contribution in [3.05, 3.63) is 52.3 Å². The molecule has 0 spiro atoms. The van der Waals surface area contributed by atoms with Gasteiger partial charge < -0.3 is 15.2 Å². The minimum atomic E-state index is -0.379. The first-order valence-electron chi connectivity index (χ1n) is 5.65. The second kappa shape index (κ2) is 5.93. The highest BCUT2D eigenvalue weighted by atomic mass is 79.9. The van der Waals surface area contributed by atoms with E-state index in [1.165, 1.54) is 18.2 Å². The number of aromatic hydroxyl groups is 1. The van der Waals surface area contributed by atoms with Crippen molar-refractivity contribution < 1.29 is 14.2 Å². The predicted molar refractivity (Wildman–Crippen MR) is 76.1 cm³/mol. The lowest BCUT2D eigenvalue weighted by atomic mass is 10.2. The highest BCUT2D eigenvalue weighted by Crippen LogP contribution is 2.29. The quantitative estimate of drug-likeness (QED) is 0.895. The number of nitrogens with one attached hydrogen (secondary N) is 1. The van der Waals surface area contributed by atoms with Crippen LogP contribution in [0.25, 0.3) is 0 Å². The fraction of sp³-hybridized carbons (Fsp3) is 0.143. The van der Waals surface area contributed by atoms with Crippen LogP contribution >= 0.6 is 15.9 Å². The number of rotatable bonds is 4. The average Bonchev–Trinajstić information content (AvgIpc) is 2.40. The highest BCUT2D eigenvalue weighted by Gasteiger charge is 2.06. The topological polar surface area (TPSA) is 41.5 Å². The van der Waals surface area contributed by atoms with Crippen molar-refractivity contribution in [1.29, 1.82) is 0 Å². The van der Waals surface area contributed by atoms with Crippen molar-refractivity contribution in [1.82, 2.24) is 0 Å². The van der Waals surface area contributed by atoms with E-state index in [1.54, 1.807) is 7.11 Å². The highest BCUT2D eigenvalue weighted by molar-refractivity contribution is 9.10. The summed E-state index contributed by atoms with van der Waals surface area (Å²) in [4.78, 5) is 0. The summed E-state index contributed by atoms with van der Waals surface area (Å²) in [6, 6.07) is 9.40. The Morgan fingerprint density at radius 2 is 2.05 bits per heavy atom. The van der Waals surface area contributed by atoms with Crippen LogP contribution in [0.4, 0.5) is 10.1 Å². The number of hydrogen-bond donors (Lipinski definition) is 2. The number of hydrogen-bond acceptors (Lipinski definition) is 3. The van der Waals surface area contributed by atoms with Crippen molar-refractivity contribution in [3.8, 4) is 11.5 Å². The maximum absolute atomic E-state index is 13.1. The fourth-order valence-electron chi connectivity index (χ4n) is 1.70. The van der Waals surface area contributed by atoms with Gasteiger partial charge in [-0.2, -0.15) is 0 Å². The van der Waals surface area contributed by atoms with Crippen LogP contribution in [0.15, 0.2) is 40.9 Å². The molecule has 0 aliphatic carbocycles. The van der Waals surface area contributed by atoms with Crippen LogP contribution in [0.3, 0.4) is 0 Å². The zero-order valence-corrected chi connectivity index (χ0v) is 11.9. The van der Waals surface area contributed by atoms with Gasteiger partial charge in [0.1, 0.15) is 17.3 Å². The molecule has 0 heterocycles. The summed E-state index contributed by atoms with van der Waals surface area (Å²) in [6.45, 7) is 0.302. The van der Waals surface area contributed by atoms with E-state index in [9.17, 15) is 9.50 Å². The Labute approximate surface area is 119 Å². The third kappa shape index (κ3) is 3.38. The number of halogens is 2. The first kappa shape index (κ1) is 13.7. The smallest absolute Gasteiger partial charge is 0.142 e. The van der Waals surface area contributed by atoms with Gasteiger partial charge in [0.05, 0.1) is 12.8 Å². The number of benzene rings is 2. The molecule has 100 valence electrons. The normalized spacial score (nSPS) is 10.3. The van der Waals surface area contributed by atoms with E-state index in [0.29, 0.717) is 17.9 Å². The molecule has 2 aromatic rings. The van der Waals surface area contributed by atoms with Crippen molar-refractivity contribution in [2.45, 2.75) is 6.54 Å².